The largest absolute Gasteiger partial charge is 0.264 e. The summed E-state index contributed by atoms with van der Waals surface area (Å²) in [6.07, 6.45) is 5.49. The van der Waals surface area contributed by atoms with Gasteiger partial charge in [0.1, 0.15) is 0 Å². The molecule has 3 nitrogen and oxygen atoms in total. The molecule has 3 aromatic carbocycles. The minimum absolute atomic E-state index is 0.741. The minimum Gasteiger partial charge on any atom is -0.264 e. The molecule has 0 unspecified atom stereocenters. The van der Waals surface area contributed by atoms with Gasteiger partial charge in [-0.3, -0.25) is 4.98 Å². The zero-order chi connectivity index (χ0) is 18.8. The van der Waals surface area contributed by atoms with Gasteiger partial charge in [-0.25, -0.2) is 9.97 Å². The van der Waals surface area contributed by atoms with E-state index in [9.17, 15) is 0 Å². The summed E-state index contributed by atoms with van der Waals surface area (Å²) in [6, 6.07) is 28.9. The van der Waals surface area contributed by atoms with Gasteiger partial charge in [-0.2, -0.15) is 0 Å². The number of hydrogen-bond donors (Lipinski definition) is 0. The minimum atomic E-state index is 0.741. The van der Waals surface area contributed by atoms with E-state index in [-0.39, 0.29) is 0 Å². The molecule has 0 bridgehead atoms. The van der Waals surface area contributed by atoms with Crippen molar-refractivity contribution in [1.82, 2.24) is 15.0 Å². The molecule has 0 fully saturated rings. The second-order valence-electron chi connectivity index (χ2n) is 6.61. The van der Waals surface area contributed by atoms with Crippen LogP contribution in [0.3, 0.4) is 0 Å². The van der Waals surface area contributed by atoms with Gasteiger partial charge in [-0.05, 0) is 34.0 Å². The Bertz CT molecular complexity index is 1240. The lowest BCUT2D eigenvalue weighted by Gasteiger charge is -2.08. The highest BCUT2D eigenvalue weighted by atomic mass is 14.9. The van der Waals surface area contributed by atoms with Crippen LogP contribution >= 0.6 is 0 Å². The number of rotatable bonds is 3. The van der Waals surface area contributed by atoms with Gasteiger partial charge in [0.15, 0.2) is 5.82 Å². The first-order valence-electron chi connectivity index (χ1n) is 9.20. The lowest BCUT2D eigenvalue weighted by atomic mass is 10.0. The highest BCUT2D eigenvalue weighted by molar-refractivity contribution is 5.95. The van der Waals surface area contributed by atoms with Crippen LogP contribution in [0.2, 0.25) is 0 Å². The molecule has 132 valence electrons. The van der Waals surface area contributed by atoms with Crippen LogP contribution in [-0.2, 0) is 0 Å². The molecule has 5 aromatic rings. The van der Waals surface area contributed by atoms with Crippen molar-refractivity contribution in [2.45, 2.75) is 0 Å². The van der Waals surface area contributed by atoms with Crippen molar-refractivity contribution in [3.05, 3.63) is 104 Å². The predicted molar refractivity (Wildman–Crippen MR) is 114 cm³/mol. The SMILES string of the molecule is c1cncc(-c2ccc(-c3ccnc(-c4cccc5ccccc45)n3)cc2)c1. The molecule has 0 radical (unpaired) electrons. The molecule has 0 atom stereocenters. The molecule has 0 aliphatic heterocycles. The number of pyridine rings is 1. The first-order valence-corrected chi connectivity index (χ1v) is 9.20. The van der Waals surface area contributed by atoms with Crippen molar-refractivity contribution in [2.24, 2.45) is 0 Å². The molecule has 2 aromatic heterocycles. The fourth-order valence-electron chi connectivity index (χ4n) is 3.44. The predicted octanol–water partition coefficient (Wildman–Crippen LogP) is 6.03. The highest BCUT2D eigenvalue weighted by Crippen LogP contribution is 2.28. The monoisotopic (exact) mass is 359 g/mol. The van der Waals surface area contributed by atoms with Gasteiger partial charge in [-0.1, -0.05) is 72.8 Å². The third-order valence-electron chi connectivity index (χ3n) is 4.86. The maximum Gasteiger partial charge on any atom is 0.160 e. The van der Waals surface area contributed by atoms with Crippen LogP contribution in [0.25, 0.3) is 44.5 Å². The Morgan fingerprint density at radius 3 is 2.25 bits per heavy atom. The number of benzene rings is 3. The van der Waals surface area contributed by atoms with Crippen LogP contribution in [0.15, 0.2) is 104 Å². The Kier molecular flexibility index (Phi) is 4.11. The van der Waals surface area contributed by atoms with E-state index in [2.05, 4.69) is 70.6 Å². The molecular weight excluding hydrogens is 342 g/mol. The Balaban J connectivity index is 1.54. The van der Waals surface area contributed by atoms with Crippen LogP contribution in [0.4, 0.5) is 0 Å². The van der Waals surface area contributed by atoms with E-state index in [1.54, 1.807) is 6.20 Å². The quantitative estimate of drug-likeness (QED) is 0.395. The molecule has 2 heterocycles. The fraction of sp³-hybridized carbons (Fsp3) is 0. The lowest BCUT2D eigenvalue weighted by Crippen LogP contribution is -1.92. The van der Waals surface area contributed by atoms with E-state index < -0.39 is 0 Å². The van der Waals surface area contributed by atoms with E-state index >= 15 is 0 Å². The van der Waals surface area contributed by atoms with E-state index in [0.717, 1.165) is 39.2 Å². The van der Waals surface area contributed by atoms with Crippen LogP contribution in [0, 0.1) is 0 Å². The molecule has 0 spiro atoms. The van der Waals surface area contributed by atoms with Gasteiger partial charge < -0.3 is 0 Å². The van der Waals surface area contributed by atoms with Gasteiger partial charge in [0, 0.05) is 29.7 Å². The topological polar surface area (TPSA) is 38.7 Å². The van der Waals surface area contributed by atoms with Crippen LogP contribution in [0.5, 0.6) is 0 Å². The Morgan fingerprint density at radius 1 is 0.571 bits per heavy atom. The molecular formula is C25H17N3. The van der Waals surface area contributed by atoms with Crippen molar-refractivity contribution >= 4 is 10.8 Å². The third-order valence-corrected chi connectivity index (χ3v) is 4.86. The molecule has 0 amide bonds. The smallest absolute Gasteiger partial charge is 0.160 e. The number of hydrogen-bond acceptors (Lipinski definition) is 3. The molecule has 0 saturated heterocycles. The van der Waals surface area contributed by atoms with E-state index in [1.807, 2.05) is 36.7 Å². The van der Waals surface area contributed by atoms with Crippen molar-refractivity contribution in [3.8, 4) is 33.8 Å². The summed E-state index contributed by atoms with van der Waals surface area (Å²) >= 11 is 0. The highest BCUT2D eigenvalue weighted by Gasteiger charge is 2.08. The number of aromatic nitrogens is 3. The summed E-state index contributed by atoms with van der Waals surface area (Å²) < 4.78 is 0. The second kappa shape index (κ2) is 7.05. The van der Waals surface area contributed by atoms with Gasteiger partial charge in [0.2, 0.25) is 0 Å². The summed E-state index contributed by atoms with van der Waals surface area (Å²) in [6.45, 7) is 0. The van der Waals surface area contributed by atoms with Crippen molar-refractivity contribution < 1.29 is 0 Å². The molecule has 3 heteroatoms. The maximum atomic E-state index is 4.84. The van der Waals surface area contributed by atoms with Crippen LogP contribution < -0.4 is 0 Å². The third kappa shape index (κ3) is 3.03. The average Bonchev–Trinajstić information content (AvgIpc) is 2.79. The standard InChI is InChI=1S/C25H17N3/c1-2-8-22-19(5-1)6-3-9-23(22)25-27-16-14-24(28-25)20-12-10-18(11-13-20)21-7-4-15-26-17-21/h1-17H. The molecule has 28 heavy (non-hydrogen) atoms. The van der Waals surface area contributed by atoms with E-state index in [0.29, 0.717) is 0 Å². The molecule has 0 N–H and O–H groups in total. The summed E-state index contributed by atoms with van der Waals surface area (Å²) in [5, 5.41) is 2.35. The molecule has 0 aliphatic rings. The van der Waals surface area contributed by atoms with E-state index in [1.165, 1.54) is 5.39 Å². The Hall–Kier alpha value is -3.85. The Labute approximate surface area is 163 Å². The van der Waals surface area contributed by atoms with Gasteiger partial charge in [-0.15, -0.1) is 0 Å². The van der Waals surface area contributed by atoms with Crippen molar-refractivity contribution in [1.29, 1.82) is 0 Å². The van der Waals surface area contributed by atoms with Gasteiger partial charge >= 0.3 is 0 Å². The summed E-state index contributed by atoms with van der Waals surface area (Å²) in [7, 11) is 0. The summed E-state index contributed by atoms with van der Waals surface area (Å²) in [5.41, 5.74) is 5.27. The van der Waals surface area contributed by atoms with Gasteiger partial charge in [0.25, 0.3) is 0 Å². The lowest BCUT2D eigenvalue weighted by molar-refractivity contribution is 1.18. The first-order chi connectivity index (χ1) is 13.9. The van der Waals surface area contributed by atoms with Crippen molar-refractivity contribution in [3.63, 3.8) is 0 Å². The fourth-order valence-corrected chi connectivity index (χ4v) is 3.44. The zero-order valence-corrected chi connectivity index (χ0v) is 15.2. The first kappa shape index (κ1) is 16.3. The molecule has 0 saturated carbocycles. The van der Waals surface area contributed by atoms with Crippen LogP contribution in [-0.4, -0.2) is 15.0 Å². The normalized spacial score (nSPS) is 10.9. The van der Waals surface area contributed by atoms with Gasteiger partial charge in [0.05, 0.1) is 5.69 Å². The second-order valence-corrected chi connectivity index (χ2v) is 6.61. The molecule has 5 rings (SSSR count). The van der Waals surface area contributed by atoms with E-state index in [4.69, 9.17) is 4.98 Å². The van der Waals surface area contributed by atoms with Crippen molar-refractivity contribution in [2.75, 3.05) is 0 Å². The summed E-state index contributed by atoms with van der Waals surface area (Å²) in [5.74, 6) is 0.741. The maximum absolute atomic E-state index is 4.84. The number of nitrogens with zero attached hydrogens (tertiary/aromatic N) is 3. The average molecular weight is 359 g/mol. The Morgan fingerprint density at radius 2 is 1.39 bits per heavy atom. The molecule has 0 aliphatic carbocycles. The number of fused-ring (bicyclic) bond motifs is 1. The van der Waals surface area contributed by atoms with Crippen LogP contribution in [0.1, 0.15) is 0 Å². The summed E-state index contributed by atoms with van der Waals surface area (Å²) in [4.78, 5) is 13.6. The zero-order valence-electron chi connectivity index (χ0n) is 15.2.